The highest BCUT2D eigenvalue weighted by molar-refractivity contribution is 7.89. The maximum absolute atomic E-state index is 13.1. The molecule has 1 fully saturated rings. The molecule has 1 saturated carbocycles. The fraction of sp³-hybridized carbons (Fsp3) is 0.517. The van der Waals surface area contributed by atoms with Gasteiger partial charge in [-0.15, -0.1) is 0 Å². The van der Waals surface area contributed by atoms with Gasteiger partial charge in [-0.05, 0) is 61.8 Å². The predicted octanol–water partition coefficient (Wildman–Crippen LogP) is 5.77. The molecule has 0 aliphatic heterocycles. The number of nitrogens with one attached hydrogen (secondary N) is 3. The average Bonchev–Trinajstić information content (AvgIpc) is 3.01. The lowest BCUT2D eigenvalue weighted by Gasteiger charge is -2.29. The number of alkyl halides is 6. The first-order chi connectivity index (χ1) is 21.7. The van der Waals surface area contributed by atoms with Crippen molar-refractivity contribution in [3.8, 4) is 11.5 Å². The Labute approximate surface area is 262 Å². The van der Waals surface area contributed by atoms with Crippen molar-refractivity contribution in [2.45, 2.75) is 42.9 Å². The summed E-state index contributed by atoms with van der Waals surface area (Å²) < 4.78 is 119. The Bertz CT molecular complexity index is 1550. The van der Waals surface area contributed by atoms with E-state index in [1.807, 2.05) is 24.3 Å². The van der Waals surface area contributed by atoms with Gasteiger partial charge in [0.05, 0.1) is 12.1 Å². The first-order valence-electron chi connectivity index (χ1n) is 14.5. The second-order valence-electron chi connectivity index (χ2n) is 10.9. The Morgan fingerprint density at radius 2 is 1.50 bits per heavy atom. The zero-order valence-electron chi connectivity index (χ0n) is 24.9. The molecule has 17 heteroatoms. The van der Waals surface area contributed by atoms with E-state index in [1.165, 1.54) is 0 Å². The Morgan fingerprint density at radius 3 is 2.17 bits per heavy atom. The van der Waals surface area contributed by atoms with Crippen LogP contribution in [0, 0.1) is 11.8 Å². The average molecular weight is 680 g/mol. The van der Waals surface area contributed by atoms with Gasteiger partial charge in [0.15, 0.2) is 13.2 Å². The van der Waals surface area contributed by atoms with Crippen molar-refractivity contribution in [1.29, 1.82) is 0 Å². The van der Waals surface area contributed by atoms with Crippen LogP contribution in [0.2, 0.25) is 0 Å². The summed E-state index contributed by atoms with van der Waals surface area (Å²) in [5.74, 6) is 0.204. The summed E-state index contributed by atoms with van der Waals surface area (Å²) in [4.78, 5) is 8.47. The molecule has 46 heavy (non-hydrogen) atoms. The molecule has 0 spiro atoms. The van der Waals surface area contributed by atoms with Crippen LogP contribution in [-0.4, -0.2) is 77.3 Å². The maximum atomic E-state index is 13.1. The molecule has 3 N–H and O–H groups in total. The van der Waals surface area contributed by atoms with Gasteiger partial charge in [-0.3, -0.25) is 0 Å². The Hall–Kier alpha value is -3.57. The number of nitrogens with zero attached hydrogens (tertiary/aromatic N) is 2. The molecule has 1 aliphatic rings. The first-order valence-corrected chi connectivity index (χ1v) is 16.0. The van der Waals surface area contributed by atoms with Crippen LogP contribution in [-0.2, 0) is 14.8 Å². The Balaban J connectivity index is 1.33. The topological polar surface area (TPSA) is 124 Å². The lowest BCUT2D eigenvalue weighted by Crippen LogP contribution is -2.33. The summed E-state index contributed by atoms with van der Waals surface area (Å²) in [6.45, 7) is -1.83. The van der Waals surface area contributed by atoms with E-state index in [0.29, 0.717) is 44.3 Å². The SMILES string of the molecule is COCCNc1nc(NCC2CCC(CNS(=O)(=O)c3cc(OCC(F)(F)F)ccc3OCC(F)(F)F)CC2)nc2ccccc12. The van der Waals surface area contributed by atoms with E-state index in [0.717, 1.165) is 41.9 Å². The number of hydrogen-bond donors (Lipinski definition) is 3. The lowest BCUT2D eigenvalue weighted by atomic mass is 9.82. The quantitative estimate of drug-likeness (QED) is 0.136. The van der Waals surface area contributed by atoms with Crippen molar-refractivity contribution in [1.82, 2.24) is 14.7 Å². The van der Waals surface area contributed by atoms with Crippen LogP contribution in [0.1, 0.15) is 25.7 Å². The van der Waals surface area contributed by atoms with E-state index in [9.17, 15) is 34.8 Å². The van der Waals surface area contributed by atoms with Gasteiger partial charge in [0.25, 0.3) is 0 Å². The molecule has 10 nitrogen and oxygen atoms in total. The van der Waals surface area contributed by atoms with E-state index in [-0.39, 0.29) is 18.4 Å². The maximum Gasteiger partial charge on any atom is 0.422 e. The number of hydrogen-bond acceptors (Lipinski definition) is 9. The lowest BCUT2D eigenvalue weighted by molar-refractivity contribution is -0.154. The molecule has 0 saturated heterocycles. The van der Waals surface area contributed by atoms with Gasteiger partial charge < -0.3 is 24.8 Å². The number of benzene rings is 2. The molecule has 254 valence electrons. The van der Waals surface area contributed by atoms with Crippen molar-refractivity contribution in [2.24, 2.45) is 11.8 Å². The van der Waals surface area contributed by atoms with E-state index in [2.05, 4.69) is 34.8 Å². The number of sulfonamides is 1. The van der Waals surface area contributed by atoms with Crippen LogP contribution < -0.4 is 24.8 Å². The fourth-order valence-corrected chi connectivity index (χ4v) is 6.25. The monoisotopic (exact) mass is 679 g/mol. The molecule has 4 rings (SSSR count). The first kappa shape index (κ1) is 35.3. The highest BCUT2D eigenvalue weighted by Crippen LogP contribution is 2.33. The molecular formula is C29H35F6N5O5S. The highest BCUT2D eigenvalue weighted by Gasteiger charge is 2.32. The third-order valence-electron chi connectivity index (χ3n) is 7.28. The number of anilines is 2. The number of halogens is 6. The smallest absolute Gasteiger partial charge is 0.422 e. The van der Waals surface area contributed by atoms with Gasteiger partial charge in [0.2, 0.25) is 16.0 Å². The fourth-order valence-electron chi connectivity index (χ4n) is 4.97. The second-order valence-corrected chi connectivity index (χ2v) is 12.6. The van der Waals surface area contributed by atoms with Crippen molar-refractivity contribution >= 4 is 32.7 Å². The van der Waals surface area contributed by atoms with E-state index in [4.69, 9.17) is 4.74 Å². The van der Waals surface area contributed by atoms with E-state index >= 15 is 0 Å². The van der Waals surface area contributed by atoms with E-state index < -0.39 is 52.0 Å². The molecule has 0 unspecified atom stereocenters. The molecule has 1 heterocycles. The number of rotatable bonds is 15. The third-order valence-corrected chi connectivity index (χ3v) is 8.72. The molecular weight excluding hydrogens is 644 g/mol. The molecule has 1 aliphatic carbocycles. The summed E-state index contributed by atoms with van der Waals surface area (Å²) in [6, 6.07) is 10.1. The van der Waals surface area contributed by atoms with Crippen LogP contribution in [0.4, 0.5) is 38.1 Å². The largest absolute Gasteiger partial charge is 0.484 e. The van der Waals surface area contributed by atoms with Crippen molar-refractivity contribution < 1.29 is 49.0 Å². The van der Waals surface area contributed by atoms with E-state index in [1.54, 1.807) is 7.11 Å². The van der Waals surface area contributed by atoms with Crippen molar-refractivity contribution in [3.63, 3.8) is 0 Å². The normalized spacial score (nSPS) is 17.5. The van der Waals surface area contributed by atoms with Gasteiger partial charge in [-0.2, -0.15) is 31.3 Å². The number of fused-ring (bicyclic) bond motifs is 1. The summed E-state index contributed by atoms with van der Waals surface area (Å²) in [5, 5.41) is 7.44. The zero-order chi connectivity index (χ0) is 33.4. The minimum absolute atomic E-state index is 0.0148. The van der Waals surface area contributed by atoms with Crippen LogP contribution in [0.5, 0.6) is 11.5 Å². The predicted molar refractivity (Wildman–Crippen MR) is 159 cm³/mol. The molecule has 0 radical (unpaired) electrons. The van der Waals surface area contributed by atoms with Gasteiger partial charge in [-0.25, -0.2) is 18.1 Å². The minimum atomic E-state index is -4.77. The summed E-state index contributed by atoms with van der Waals surface area (Å²) >= 11 is 0. The second kappa shape index (κ2) is 15.3. The highest BCUT2D eigenvalue weighted by atomic mass is 32.2. The molecule has 0 atom stereocenters. The number of ether oxygens (including phenoxy) is 3. The van der Waals surface area contributed by atoms with Gasteiger partial charge in [0.1, 0.15) is 22.2 Å². The zero-order valence-corrected chi connectivity index (χ0v) is 25.7. The molecule has 0 amide bonds. The van der Waals surface area contributed by atoms with Crippen LogP contribution in [0.25, 0.3) is 10.9 Å². The third kappa shape index (κ3) is 10.8. The Morgan fingerprint density at radius 1 is 0.848 bits per heavy atom. The van der Waals surface area contributed by atoms with Gasteiger partial charge >= 0.3 is 12.4 Å². The molecule has 2 aromatic carbocycles. The molecule has 1 aromatic heterocycles. The summed E-state index contributed by atoms with van der Waals surface area (Å²) in [6.07, 6.45) is -6.59. The van der Waals surface area contributed by atoms with Crippen molar-refractivity contribution in [2.75, 3.05) is 57.2 Å². The van der Waals surface area contributed by atoms with Crippen LogP contribution >= 0.6 is 0 Å². The number of aromatic nitrogens is 2. The summed E-state index contributed by atoms with van der Waals surface area (Å²) in [7, 11) is -2.86. The molecule has 3 aromatic rings. The van der Waals surface area contributed by atoms with Gasteiger partial charge in [-0.1, -0.05) is 12.1 Å². The Kier molecular flexibility index (Phi) is 11.8. The minimum Gasteiger partial charge on any atom is -0.484 e. The van der Waals surface area contributed by atoms with Crippen molar-refractivity contribution in [3.05, 3.63) is 42.5 Å². The molecule has 0 bridgehead atoms. The summed E-state index contributed by atoms with van der Waals surface area (Å²) in [5.41, 5.74) is 0.778. The number of methoxy groups -OCH3 is 1. The standard InChI is InChI=1S/C29H35F6N5O5S/c1-43-13-12-36-26-22-4-2-3-5-23(22)39-27(40-26)37-15-19-6-8-20(9-7-19)16-38-46(41,42)25-14-21(44-17-28(30,31)32)10-11-24(25)45-18-29(33,34)35/h2-5,10-11,14,19-20,38H,6-9,12-13,15-18H2,1H3,(H2,36,37,39,40). The van der Waals surface area contributed by atoms with Crippen LogP contribution in [0.3, 0.4) is 0 Å². The van der Waals surface area contributed by atoms with Crippen LogP contribution in [0.15, 0.2) is 47.4 Å². The van der Waals surface area contributed by atoms with Gasteiger partial charge in [0, 0.05) is 38.2 Å². The number of para-hydroxylation sites is 1.